The molecular weight excluding hydrogens is 204 g/mol. The van der Waals surface area contributed by atoms with Crippen molar-refractivity contribution in [2.45, 2.75) is 12.8 Å². The molecule has 1 aromatic carbocycles. The highest BCUT2D eigenvalue weighted by atomic mass is 16.5. The molecule has 0 saturated heterocycles. The molecule has 88 valence electrons. The lowest BCUT2D eigenvalue weighted by Crippen LogP contribution is -2.26. The number of hydrogen-bond donors (Lipinski definition) is 2. The molecule has 4 heteroatoms. The number of benzene rings is 1. The molecule has 0 aliphatic heterocycles. The fourth-order valence-corrected chi connectivity index (χ4v) is 1.31. The van der Waals surface area contributed by atoms with Gasteiger partial charge in [-0.2, -0.15) is 0 Å². The molecule has 0 heterocycles. The molecule has 0 aliphatic rings. The van der Waals surface area contributed by atoms with Gasteiger partial charge < -0.3 is 15.8 Å². The SMILES string of the molecule is COCCC(=O)NCCc1ccc(N)cc1. The van der Waals surface area contributed by atoms with E-state index in [1.54, 1.807) is 7.11 Å². The summed E-state index contributed by atoms with van der Waals surface area (Å²) in [6.45, 7) is 1.11. The standard InChI is InChI=1S/C12H18N2O2/c1-16-9-7-12(15)14-8-6-10-2-4-11(13)5-3-10/h2-5H,6-9,13H2,1H3,(H,14,15). The van der Waals surface area contributed by atoms with Crippen molar-refractivity contribution in [1.29, 1.82) is 0 Å². The number of hydrogen-bond acceptors (Lipinski definition) is 3. The third kappa shape index (κ3) is 4.79. The molecule has 0 atom stereocenters. The van der Waals surface area contributed by atoms with Crippen LogP contribution < -0.4 is 11.1 Å². The van der Waals surface area contributed by atoms with Gasteiger partial charge in [0.15, 0.2) is 0 Å². The van der Waals surface area contributed by atoms with Gasteiger partial charge in [-0.1, -0.05) is 12.1 Å². The maximum absolute atomic E-state index is 11.2. The van der Waals surface area contributed by atoms with Gasteiger partial charge >= 0.3 is 0 Å². The summed E-state index contributed by atoms with van der Waals surface area (Å²) >= 11 is 0. The second-order valence-corrected chi connectivity index (χ2v) is 3.58. The predicted molar refractivity (Wildman–Crippen MR) is 64.1 cm³/mol. The molecule has 0 aliphatic carbocycles. The Hall–Kier alpha value is -1.55. The van der Waals surface area contributed by atoms with E-state index in [1.807, 2.05) is 24.3 Å². The van der Waals surface area contributed by atoms with Gasteiger partial charge in [0.05, 0.1) is 6.61 Å². The predicted octanol–water partition coefficient (Wildman–Crippen LogP) is 0.964. The first-order chi connectivity index (χ1) is 7.72. The second kappa shape index (κ2) is 6.85. The fraction of sp³-hybridized carbons (Fsp3) is 0.417. The van der Waals surface area contributed by atoms with Crippen LogP contribution in [0.5, 0.6) is 0 Å². The van der Waals surface area contributed by atoms with Crippen LogP contribution in [0, 0.1) is 0 Å². The van der Waals surface area contributed by atoms with Gasteiger partial charge in [-0.05, 0) is 24.1 Å². The smallest absolute Gasteiger partial charge is 0.222 e. The van der Waals surface area contributed by atoms with E-state index in [1.165, 1.54) is 5.56 Å². The zero-order chi connectivity index (χ0) is 11.8. The van der Waals surface area contributed by atoms with Crippen LogP contribution in [0.15, 0.2) is 24.3 Å². The first-order valence-corrected chi connectivity index (χ1v) is 5.32. The topological polar surface area (TPSA) is 64.3 Å². The van der Waals surface area contributed by atoms with Crippen molar-refractivity contribution in [2.24, 2.45) is 0 Å². The Morgan fingerprint density at radius 1 is 1.38 bits per heavy atom. The summed E-state index contributed by atoms with van der Waals surface area (Å²) in [5, 5.41) is 2.83. The number of methoxy groups -OCH3 is 1. The highest BCUT2D eigenvalue weighted by molar-refractivity contribution is 5.75. The fourth-order valence-electron chi connectivity index (χ4n) is 1.31. The first kappa shape index (κ1) is 12.5. The van der Waals surface area contributed by atoms with Crippen LogP contribution in [-0.4, -0.2) is 26.2 Å². The van der Waals surface area contributed by atoms with Crippen molar-refractivity contribution >= 4 is 11.6 Å². The van der Waals surface area contributed by atoms with E-state index in [0.29, 0.717) is 19.6 Å². The minimum Gasteiger partial charge on any atom is -0.399 e. The lowest BCUT2D eigenvalue weighted by Gasteiger charge is -2.05. The molecule has 1 aromatic rings. The maximum atomic E-state index is 11.2. The largest absolute Gasteiger partial charge is 0.399 e. The molecule has 4 nitrogen and oxygen atoms in total. The zero-order valence-corrected chi connectivity index (χ0v) is 9.53. The third-order valence-corrected chi connectivity index (χ3v) is 2.25. The van der Waals surface area contributed by atoms with Crippen molar-refractivity contribution in [3.8, 4) is 0 Å². The number of ether oxygens (including phenoxy) is 1. The van der Waals surface area contributed by atoms with Gasteiger partial charge in [0.25, 0.3) is 0 Å². The summed E-state index contributed by atoms with van der Waals surface area (Å²) in [5.41, 5.74) is 7.50. The maximum Gasteiger partial charge on any atom is 0.222 e. The van der Waals surface area contributed by atoms with Crippen LogP contribution in [0.2, 0.25) is 0 Å². The summed E-state index contributed by atoms with van der Waals surface area (Å²) in [5.74, 6) is 0.0253. The normalized spacial score (nSPS) is 10.1. The molecule has 0 saturated carbocycles. The third-order valence-electron chi connectivity index (χ3n) is 2.25. The number of anilines is 1. The number of carbonyl (C=O) groups excluding carboxylic acids is 1. The van der Waals surface area contributed by atoms with E-state index < -0.39 is 0 Å². The molecule has 0 fully saturated rings. The average Bonchev–Trinajstić information content (AvgIpc) is 2.29. The van der Waals surface area contributed by atoms with E-state index in [2.05, 4.69) is 5.32 Å². The van der Waals surface area contributed by atoms with Crippen LogP contribution >= 0.6 is 0 Å². The van der Waals surface area contributed by atoms with E-state index in [4.69, 9.17) is 10.5 Å². The number of nitrogen functional groups attached to an aromatic ring is 1. The molecular formula is C12H18N2O2. The summed E-state index contributed by atoms with van der Waals surface area (Å²) in [6, 6.07) is 7.66. The number of amides is 1. The zero-order valence-electron chi connectivity index (χ0n) is 9.53. The molecule has 3 N–H and O–H groups in total. The first-order valence-electron chi connectivity index (χ1n) is 5.32. The van der Waals surface area contributed by atoms with Gasteiger partial charge in [0.2, 0.25) is 5.91 Å². The minimum absolute atomic E-state index is 0.0253. The van der Waals surface area contributed by atoms with E-state index >= 15 is 0 Å². The van der Waals surface area contributed by atoms with Crippen molar-refractivity contribution in [2.75, 3.05) is 26.0 Å². The Morgan fingerprint density at radius 3 is 2.69 bits per heavy atom. The summed E-state index contributed by atoms with van der Waals surface area (Å²) in [7, 11) is 1.58. The highest BCUT2D eigenvalue weighted by Gasteiger charge is 1.99. The van der Waals surface area contributed by atoms with E-state index in [-0.39, 0.29) is 5.91 Å². The van der Waals surface area contributed by atoms with Crippen molar-refractivity contribution in [1.82, 2.24) is 5.32 Å². The summed E-state index contributed by atoms with van der Waals surface area (Å²) in [6.07, 6.45) is 1.23. The van der Waals surface area contributed by atoms with Crippen LogP contribution in [0.25, 0.3) is 0 Å². The molecule has 0 unspecified atom stereocenters. The van der Waals surface area contributed by atoms with Gasteiger partial charge in [-0.25, -0.2) is 0 Å². The Kier molecular flexibility index (Phi) is 5.36. The molecule has 0 spiro atoms. The lowest BCUT2D eigenvalue weighted by atomic mass is 10.1. The summed E-state index contributed by atoms with van der Waals surface area (Å²) < 4.78 is 4.82. The monoisotopic (exact) mass is 222 g/mol. The average molecular weight is 222 g/mol. The van der Waals surface area contributed by atoms with E-state index in [9.17, 15) is 4.79 Å². The van der Waals surface area contributed by atoms with E-state index in [0.717, 1.165) is 12.1 Å². The molecule has 1 amide bonds. The number of carbonyl (C=O) groups is 1. The quantitative estimate of drug-likeness (QED) is 0.705. The minimum atomic E-state index is 0.0253. The van der Waals surface area contributed by atoms with Crippen molar-refractivity contribution < 1.29 is 9.53 Å². The van der Waals surface area contributed by atoms with Crippen LogP contribution in [-0.2, 0) is 16.0 Å². The van der Waals surface area contributed by atoms with Gasteiger partial charge in [0.1, 0.15) is 0 Å². The van der Waals surface area contributed by atoms with Crippen LogP contribution in [0.4, 0.5) is 5.69 Å². The Bertz CT molecular complexity index is 322. The Balaban J connectivity index is 2.20. The van der Waals surface area contributed by atoms with Crippen molar-refractivity contribution in [3.05, 3.63) is 29.8 Å². The van der Waals surface area contributed by atoms with Crippen molar-refractivity contribution in [3.63, 3.8) is 0 Å². The van der Waals surface area contributed by atoms with Gasteiger partial charge in [-0.3, -0.25) is 4.79 Å². The number of nitrogens with two attached hydrogens (primary N) is 1. The Morgan fingerprint density at radius 2 is 2.06 bits per heavy atom. The van der Waals surface area contributed by atoms with Gasteiger partial charge in [-0.15, -0.1) is 0 Å². The lowest BCUT2D eigenvalue weighted by molar-refractivity contribution is -0.121. The Labute approximate surface area is 95.8 Å². The van der Waals surface area contributed by atoms with Crippen LogP contribution in [0.3, 0.4) is 0 Å². The second-order valence-electron chi connectivity index (χ2n) is 3.58. The summed E-state index contributed by atoms with van der Waals surface area (Å²) in [4.78, 5) is 11.2. The van der Waals surface area contributed by atoms with Gasteiger partial charge in [0, 0.05) is 25.8 Å². The van der Waals surface area contributed by atoms with Crippen LogP contribution in [0.1, 0.15) is 12.0 Å². The molecule has 0 aromatic heterocycles. The number of rotatable bonds is 6. The molecule has 16 heavy (non-hydrogen) atoms. The number of nitrogens with one attached hydrogen (secondary N) is 1. The molecule has 1 rings (SSSR count). The highest BCUT2D eigenvalue weighted by Crippen LogP contribution is 2.05. The molecule has 0 bridgehead atoms. The molecule has 0 radical (unpaired) electrons.